The number of alkyl halides is 4. The van der Waals surface area contributed by atoms with Crippen LogP contribution in [0.5, 0.6) is 0 Å². The Morgan fingerprint density at radius 1 is 1.06 bits per heavy atom. The normalized spacial score (nSPS) is 13.6. The molecule has 0 amide bonds. The van der Waals surface area contributed by atoms with Crippen molar-refractivity contribution in [2.45, 2.75) is 52.1 Å². The summed E-state index contributed by atoms with van der Waals surface area (Å²) >= 11 is 0. The highest BCUT2D eigenvalue weighted by atomic mass is 19.4. The first-order valence-electron chi connectivity index (χ1n) is 11.8. The molecule has 0 spiro atoms. The summed E-state index contributed by atoms with van der Waals surface area (Å²) in [6.07, 6.45) is 0.851. The first-order chi connectivity index (χ1) is 16.8. The zero-order chi connectivity index (χ0) is 25.0. The third-order valence-corrected chi connectivity index (χ3v) is 6.16. The molecule has 35 heavy (non-hydrogen) atoms. The van der Waals surface area contributed by atoms with E-state index in [2.05, 4.69) is 18.0 Å². The Kier molecular flexibility index (Phi) is 7.44. The highest BCUT2D eigenvalue weighted by Gasteiger charge is 2.31. The molecule has 184 valence electrons. The highest BCUT2D eigenvalue weighted by Crippen LogP contribution is 2.34. The van der Waals surface area contributed by atoms with E-state index < -0.39 is 18.4 Å². The SMILES string of the molecule is CCCN(CC1CC1)c1nc2ccccc2cc1CN(C#N)Cc1cc(CF)cc(C(F)(F)F)c1. The fourth-order valence-electron chi connectivity index (χ4n) is 4.35. The zero-order valence-electron chi connectivity index (χ0n) is 19.7. The maximum absolute atomic E-state index is 13.3. The third-order valence-electron chi connectivity index (χ3n) is 6.16. The fourth-order valence-corrected chi connectivity index (χ4v) is 4.35. The Balaban J connectivity index is 1.67. The van der Waals surface area contributed by atoms with Gasteiger partial charge in [-0.05, 0) is 60.6 Å². The van der Waals surface area contributed by atoms with Gasteiger partial charge in [-0.2, -0.15) is 18.4 Å². The number of anilines is 1. The molecule has 4 rings (SSSR count). The molecule has 2 aromatic carbocycles. The van der Waals surface area contributed by atoms with Crippen LogP contribution in [0.3, 0.4) is 0 Å². The summed E-state index contributed by atoms with van der Waals surface area (Å²) in [5, 5.41) is 10.8. The van der Waals surface area contributed by atoms with Crippen molar-refractivity contribution in [1.82, 2.24) is 9.88 Å². The molecule has 1 heterocycles. The van der Waals surface area contributed by atoms with E-state index in [0.717, 1.165) is 53.9 Å². The summed E-state index contributed by atoms with van der Waals surface area (Å²) in [7, 11) is 0. The number of rotatable bonds is 10. The average molecular weight is 485 g/mol. The topological polar surface area (TPSA) is 43.2 Å². The van der Waals surface area contributed by atoms with Gasteiger partial charge in [0.05, 0.1) is 24.2 Å². The van der Waals surface area contributed by atoms with Crippen molar-refractivity contribution in [1.29, 1.82) is 5.26 Å². The van der Waals surface area contributed by atoms with Gasteiger partial charge in [-0.25, -0.2) is 9.37 Å². The number of pyridine rings is 1. The molecule has 8 heteroatoms. The van der Waals surface area contributed by atoms with Gasteiger partial charge < -0.3 is 9.80 Å². The first kappa shape index (κ1) is 24.8. The number of nitrogens with zero attached hydrogens (tertiary/aromatic N) is 4. The minimum Gasteiger partial charge on any atom is -0.356 e. The van der Waals surface area contributed by atoms with Crippen LogP contribution in [0.4, 0.5) is 23.4 Å². The van der Waals surface area contributed by atoms with Gasteiger partial charge in [0.1, 0.15) is 12.5 Å². The van der Waals surface area contributed by atoms with Crippen LogP contribution < -0.4 is 4.90 Å². The van der Waals surface area contributed by atoms with Gasteiger partial charge in [0, 0.05) is 24.0 Å². The second-order valence-corrected chi connectivity index (χ2v) is 9.18. The third kappa shape index (κ3) is 6.21. The van der Waals surface area contributed by atoms with Crippen molar-refractivity contribution in [3.63, 3.8) is 0 Å². The number of benzene rings is 2. The molecule has 0 aliphatic heterocycles. The van der Waals surface area contributed by atoms with Crippen LogP contribution in [0.15, 0.2) is 48.5 Å². The van der Waals surface area contributed by atoms with Crippen molar-refractivity contribution in [2.24, 2.45) is 5.92 Å². The fraction of sp³-hybridized carbons (Fsp3) is 0.407. The molecule has 0 radical (unpaired) electrons. The van der Waals surface area contributed by atoms with E-state index in [1.165, 1.54) is 23.8 Å². The Bertz CT molecular complexity index is 1210. The van der Waals surface area contributed by atoms with Crippen molar-refractivity contribution in [3.05, 3.63) is 70.8 Å². The lowest BCUT2D eigenvalue weighted by Crippen LogP contribution is -2.29. The molecule has 1 aromatic heterocycles. The molecule has 1 aliphatic rings. The van der Waals surface area contributed by atoms with E-state index in [4.69, 9.17) is 4.98 Å². The lowest BCUT2D eigenvalue weighted by atomic mass is 10.0. The molecule has 1 fully saturated rings. The Morgan fingerprint density at radius 3 is 2.46 bits per heavy atom. The summed E-state index contributed by atoms with van der Waals surface area (Å²) in [5.41, 5.74) is 0.980. The number of hydrogen-bond donors (Lipinski definition) is 0. The van der Waals surface area contributed by atoms with Crippen molar-refractivity contribution >= 4 is 16.7 Å². The molecule has 0 unspecified atom stereocenters. The number of fused-ring (bicyclic) bond motifs is 1. The van der Waals surface area contributed by atoms with E-state index in [9.17, 15) is 22.8 Å². The summed E-state index contributed by atoms with van der Waals surface area (Å²) in [6.45, 7) is 2.96. The lowest BCUT2D eigenvalue weighted by molar-refractivity contribution is -0.137. The number of halogens is 4. The van der Waals surface area contributed by atoms with Gasteiger partial charge in [-0.1, -0.05) is 31.2 Å². The summed E-state index contributed by atoms with van der Waals surface area (Å²) in [4.78, 5) is 8.60. The van der Waals surface area contributed by atoms with Crippen LogP contribution in [-0.2, 0) is 25.9 Å². The van der Waals surface area contributed by atoms with E-state index >= 15 is 0 Å². The van der Waals surface area contributed by atoms with E-state index in [1.807, 2.05) is 30.3 Å². The van der Waals surface area contributed by atoms with Crippen molar-refractivity contribution in [3.8, 4) is 6.19 Å². The maximum Gasteiger partial charge on any atom is 0.416 e. The standard InChI is InChI=1S/C27H28F4N4/c1-2-9-35(16-19-7-8-19)26-23(13-22-5-3-4-6-25(22)33-26)17-34(18-32)15-21-10-20(14-28)11-24(12-21)27(29,30)31/h3-6,10-13,19H,2,7-9,14-17H2,1H3. The van der Waals surface area contributed by atoms with Gasteiger partial charge in [-0.15, -0.1) is 0 Å². The van der Waals surface area contributed by atoms with Gasteiger partial charge in [0.2, 0.25) is 0 Å². The quantitative estimate of drug-likeness (QED) is 0.180. The minimum absolute atomic E-state index is 0.0562. The van der Waals surface area contributed by atoms with Crippen LogP contribution in [0, 0.1) is 17.4 Å². The van der Waals surface area contributed by atoms with Crippen LogP contribution in [0.1, 0.15) is 48.4 Å². The molecule has 0 bridgehead atoms. The second-order valence-electron chi connectivity index (χ2n) is 9.18. The van der Waals surface area contributed by atoms with Crippen LogP contribution in [-0.4, -0.2) is 23.0 Å². The molecule has 0 saturated heterocycles. The molecule has 1 aliphatic carbocycles. The molecule has 3 aromatic rings. The van der Waals surface area contributed by atoms with Gasteiger partial charge in [0.25, 0.3) is 0 Å². The zero-order valence-corrected chi connectivity index (χ0v) is 19.7. The average Bonchev–Trinajstić information content (AvgIpc) is 3.66. The summed E-state index contributed by atoms with van der Waals surface area (Å²) in [6, 6.07) is 13.0. The van der Waals surface area contributed by atoms with Crippen molar-refractivity contribution in [2.75, 3.05) is 18.0 Å². The Morgan fingerprint density at radius 2 is 1.80 bits per heavy atom. The Labute approximate surface area is 202 Å². The monoisotopic (exact) mass is 484 g/mol. The maximum atomic E-state index is 13.3. The van der Waals surface area contributed by atoms with Gasteiger partial charge in [-0.3, -0.25) is 0 Å². The lowest BCUT2D eigenvalue weighted by Gasteiger charge is -2.27. The van der Waals surface area contributed by atoms with E-state index in [-0.39, 0.29) is 24.2 Å². The number of nitriles is 1. The molecular formula is C27H28F4N4. The summed E-state index contributed by atoms with van der Waals surface area (Å²) < 4.78 is 53.2. The highest BCUT2D eigenvalue weighted by molar-refractivity contribution is 5.81. The van der Waals surface area contributed by atoms with E-state index in [0.29, 0.717) is 5.92 Å². The van der Waals surface area contributed by atoms with Gasteiger partial charge >= 0.3 is 6.18 Å². The number of aromatic nitrogens is 1. The molecular weight excluding hydrogens is 456 g/mol. The minimum atomic E-state index is -4.59. The molecule has 0 N–H and O–H groups in total. The smallest absolute Gasteiger partial charge is 0.356 e. The van der Waals surface area contributed by atoms with Crippen LogP contribution in [0.25, 0.3) is 10.9 Å². The predicted molar refractivity (Wildman–Crippen MR) is 128 cm³/mol. The number of para-hydroxylation sites is 1. The first-order valence-corrected chi connectivity index (χ1v) is 11.8. The van der Waals surface area contributed by atoms with Gasteiger partial charge in [0.15, 0.2) is 6.19 Å². The van der Waals surface area contributed by atoms with Crippen LogP contribution in [0.2, 0.25) is 0 Å². The largest absolute Gasteiger partial charge is 0.416 e. The molecule has 1 saturated carbocycles. The van der Waals surface area contributed by atoms with E-state index in [1.54, 1.807) is 0 Å². The van der Waals surface area contributed by atoms with Crippen LogP contribution >= 0.6 is 0 Å². The number of hydrogen-bond acceptors (Lipinski definition) is 4. The summed E-state index contributed by atoms with van der Waals surface area (Å²) in [5.74, 6) is 1.45. The second kappa shape index (κ2) is 10.5. The van der Waals surface area contributed by atoms with Crippen molar-refractivity contribution < 1.29 is 17.6 Å². The Hall–Kier alpha value is -3.34. The molecule has 0 atom stereocenters. The predicted octanol–water partition coefficient (Wildman–Crippen LogP) is 6.83. The molecule has 4 nitrogen and oxygen atoms in total.